The minimum Gasteiger partial charge on any atom is -0.507 e. The number of ether oxygens (including phenoxy) is 2. The van der Waals surface area contributed by atoms with Gasteiger partial charge in [0.1, 0.15) is 17.3 Å². The molecule has 4 rings (SSSR count). The number of Topliss-reactive ketones (excluding diaryl/α,β-unsaturated/α-hetero) is 1. The topological polar surface area (TPSA) is 89.0 Å². The van der Waals surface area contributed by atoms with Crippen molar-refractivity contribution in [1.29, 1.82) is 0 Å². The maximum atomic E-state index is 13.2. The number of aliphatic hydroxyl groups is 1. The van der Waals surface area contributed by atoms with Crippen molar-refractivity contribution in [3.63, 3.8) is 0 Å². The van der Waals surface area contributed by atoms with Crippen LogP contribution >= 0.6 is 11.3 Å². The van der Waals surface area contributed by atoms with Crippen LogP contribution in [0.15, 0.2) is 54.1 Å². The van der Waals surface area contributed by atoms with Crippen LogP contribution in [0.5, 0.6) is 11.5 Å². The number of aryl methyl sites for hydroxylation is 2. The first-order chi connectivity index (χ1) is 15.3. The lowest BCUT2D eigenvalue weighted by Crippen LogP contribution is -2.29. The van der Waals surface area contributed by atoms with Gasteiger partial charge in [-0.25, -0.2) is 4.98 Å². The molecule has 1 atom stereocenters. The van der Waals surface area contributed by atoms with Crippen molar-refractivity contribution in [2.45, 2.75) is 19.9 Å². The minimum absolute atomic E-state index is 0.000994. The quantitative estimate of drug-likeness (QED) is 0.352. The summed E-state index contributed by atoms with van der Waals surface area (Å²) in [5.41, 5.74) is 1.82. The number of aromatic nitrogens is 1. The monoisotopic (exact) mass is 450 g/mol. The van der Waals surface area contributed by atoms with E-state index in [2.05, 4.69) is 4.98 Å². The normalized spacial score (nSPS) is 17.6. The summed E-state index contributed by atoms with van der Waals surface area (Å²) in [5.74, 6) is -0.575. The number of hydrogen-bond acceptors (Lipinski definition) is 7. The predicted octanol–water partition coefficient (Wildman–Crippen LogP) is 4.40. The van der Waals surface area contributed by atoms with E-state index >= 15 is 0 Å². The Morgan fingerprint density at radius 1 is 1.03 bits per heavy atom. The number of thiazole rings is 1. The van der Waals surface area contributed by atoms with Crippen molar-refractivity contribution < 1.29 is 24.2 Å². The number of carbonyl (C=O) groups is 2. The third kappa shape index (κ3) is 3.62. The fourth-order valence-corrected chi connectivity index (χ4v) is 4.56. The zero-order chi connectivity index (χ0) is 23.0. The van der Waals surface area contributed by atoms with Crippen LogP contribution in [0.3, 0.4) is 0 Å². The van der Waals surface area contributed by atoms with Crippen molar-refractivity contribution in [1.82, 2.24) is 4.98 Å². The van der Waals surface area contributed by atoms with Gasteiger partial charge in [-0.3, -0.25) is 14.5 Å². The molecule has 0 bridgehead atoms. The molecule has 2 heterocycles. The first-order valence-corrected chi connectivity index (χ1v) is 10.7. The molecular formula is C24H22N2O5S. The van der Waals surface area contributed by atoms with E-state index in [9.17, 15) is 14.7 Å². The summed E-state index contributed by atoms with van der Waals surface area (Å²) in [7, 11) is 3.09. The molecular weight excluding hydrogens is 428 g/mol. The summed E-state index contributed by atoms with van der Waals surface area (Å²) in [6, 6.07) is 12.9. The van der Waals surface area contributed by atoms with E-state index in [1.54, 1.807) is 62.8 Å². The fraction of sp³-hybridized carbons (Fsp3) is 0.208. The van der Waals surface area contributed by atoms with Crippen molar-refractivity contribution in [3.8, 4) is 11.5 Å². The second-order valence-corrected chi connectivity index (χ2v) is 8.49. The van der Waals surface area contributed by atoms with Crippen molar-refractivity contribution in [2.75, 3.05) is 19.1 Å². The van der Waals surface area contributed by atoms with Crippen molar-refractivity contribution >= 4 is 33.9 Å². The minimum atomic E-state index is -0.850. The molecule has 0 radical (unpaired) electrons. The molecule has 0 saturated carbocycles. The number of benzene rings is 2. The number of nitrogens with zero attached hydrogens (tertiary/aromatic N) is 2. The van der Waals surface area contributed by atoms with Gasteiger partial charge in [0, 0.05) is 10.4 Å². The maximum absolute atomic E-state index is 13.2. The van der Waals surface area contributed by atoms with Gasteiger partial charge in [-0.2, -0.15) is 0 Å². The average molecular weight is 451 g/mol. The first-order valence-electron chi connectivity index (χ1n) is 9.89. The molecule has 164 valence electrons. The van der Waals surface area contributed by atoms with Gasteiger partial charge in [0.15, 0.2) is 5.13 Å². The van der Waals surface area contributed by atoms with E-state index in [0.717, 1.165) is 10.6 Å². The molecule has 0 unspecified atom stereocenters. The molecule has 32 heavy (non-hydrogen) atoms. The van der Waals surface area contributed by atoms with Crippen LogP contribution in [-0.2, 0) is 9.59 Å². The lowest BCUT2D eigenvalue weighted by atomic mass is 9.95. The largest absolute Gasteiger partial charge is 0.507 e. The van der Waals surface area contributed by atoms with Crippen LogP contribution in [0.25, 0.3) is 5.76 Å². The number of ketones is 1. The van der Waals surface area contributed by atoms with Gasteiger partial charge in [-0.15, -0.1) is 11.3 Å². The highest BCUT2D eigenvalue weighted by molar-refractivity contribution is 7.16. The summed E-state index contributed by atoms with van der Waals surface area (Å²) in [6.07, 6.45) is 0. The van der Waals surface area contributed by atoms with Gasteiger partial charge in [0.05, 0.1) is 31.5 Å². The molecule has 1 aliphatic rings. The second kappa shape index (κ2) is 8.47. The van der Waals surface area contributed by atoms with Crippen molar-refractivity contribution in [3.05, 3.63) is 75.8 Å². The number of hydrogen-bond donors (Lipinski definition) is 1. The number of amides is 1. The van der Waals surface area contributed by atoms with Crippen LogP contribution < -0.4 is 14.4 Å². The van der Waals surface area contributed by atoms with E-state index < -0.39 is 17.7 Å². The molecule has 1 N–H and O–H groups in total. The SMILES string of the molecule is COc1ccc(/C(O)=C2\C(=O)C(=O)N(c3nc(C)c(C)s3)[C@@H]2c2cccc(OC)c2)cc1. The molecule has 0 spiro atoms. The summed E-state index contributed by atoms with van der Waals surface area (Å²) >= 11 is 1.33. The highest BCUT2D eigenvalue weighted by atomic mass is 32.1. The summed E-state index contributed by atoms with van der Waals surface area (Å²) < 4.78 is 10.5. The number of carbonyl (C=O) groups excluding carboxylic acids is 2. The standard InChI is InChI=1S/C24H22N2O5S/c1-13-14(2)32-24(25-13)26-20(16-6-5-7-18(12-16)31-4)19(22(28)23(26)29)21(27)15-8-10-17(30-3)11-9-15/h5-12,20,27H,1-4H3/b21-19+/t20-/m1/s1. The first kappa shape index (κ1) is 21.6. The van der Waals surface area contributed by atoms with Gasteiger partial charge >= 0.3 is 5.91 Å². The molecule has 1 aliphatic heterocycles. The molecule has 8 heteroatoms. The number of rotatable bonds is 5. The highest BCUT2D eigenvalue weighted by Gasteiger charge is 2.48. The number of methoxy groups -OCH3 is 2. The van der Waals surface area contributed by atoms with Gasteiger partial charge in [-0.05, 0) is 55.8 Å². The zero-order valence-electron chi connectivity index (χ0n) is 18.1. The molecule has 1 amide bonds. The van der Waals surface area contributed by atoms with E-state index in [1.165, 1.54) is 16.2 Å². The van der Waals surface area contributed by atoms with Crippen molar-refractivity contribution in [2.24, 2.45) is 0 Å². The summed E-state index contributed by atoms with van der Waals surface area (Å²) in [6.45, 7) is 3.76. The van der Waals surface area contributed by atoms with Gasteiger partial charge in [-0.1, -0.05) is 12.1 Å². The van der Waals surface area contributed by atoms with E-state index in [4.69, 9.17) is 9.47 Å². The van der Waals surface area contributed by atoms with Gasteiger partial charge < -0.3 is 14.6 Å². The Labute approximate surface area is 189 Å². The Hall–Kier alpha value is -3.65. The number of aliphatic hydroxyl groups excluding tert-OH is 1. The Morgan fingerprint density at radius 3 is 2.31 bits per heavy atom. The third-order valence-corrected chi connectivity index (χ3v) is 6.51. The van der Waals surface area contributed by atoms with E-state index in [-0.39, 0.29) is 11.3 Å². The van der Waals surface area contributed by atoms with E-state index in [0.29, 0.717) is 27.8 Å². The summed E-state index contributed by atoms with van der Waals surface area (Å²) in [4.78, 5) is 33.1. The predicted molar refractivity (Wildman–Crippen MR) is 122 cm³/mol. The van der Waals surface area contributed by atoms with Gasteiger partial charge in [0.2, 0.25) is 0 Å². The Balaban J connectivity index is 1.93. The maximum Gasteiger partial charge on any atom is 0.301 e. The van der Waals surface area contributed by atoms with Crippen LogP contribution in [0.4, 0.5) is 5.13 Å². The average Bonchev–Trinajstić information content (AvgIpc) is 3.28. The Morgan fingerprint density at radius 2 is 1.72 bits per heavy atom. The van der Waals surface area contributed by atoms with E-state index in [1.807, 2.05) is 13.8 Å². The smallest absolute Gasteiger partial charge is 0.301 e. The molecule has 7 nitrogen and oxygen atoms in total. The molecule has 3 aromatic rings. The molecule has 2 aromatic carbocycles. The second-order valence-electron chi connectivity index (χ2n) is 7.31. The van der Waals surface area contributed by atoms with Gasteiger partial charge in [0.25, 0.3) is 5.78 Å². The van der Waals surface area contributed by atoms with Crippen LogP contribution in [0.2, 0.25) is 0 Å². The number of anilines is 1. The van der Waals surface area contributed by atoms with Crippen LogP contribution in [0.1, 0.15) is 27.7 Å². The Bertz CT molecular complexity index is 1210. The third-order valence-electron chi connectivity index (χ3n) is 5.44. The molecule has 1 aromatic heterocycles. The molecule has 1 saturated heterocycles. The van der Waals surface area contributed by atoms with Crippen LogP contribution in [0, 0.1) is 13.8 Å². The fourth-order valence-electron chi connectivity index (χ4n) is 3.62. The molecule has 1 fully saturated rings. The molecule has 0 aliphatic carbocycles. The van der Waals surface area contributed by atoms with Crippen LogP contribution in [-0.4, -0.2) is 36.0 Å². The lowest BCUT2D eigenvalue weighted by molar-refractivity contribution is -0.132. The lowest BCUT2D eigenvalue weighted by Gasteiger charge is -2.23. The highest BCUT2D eigenvalue weighted by Crippen LogP contribution is 2.44. The summed E-state index contributed by atoms with van der Waals surface area (Å²) in [5, 5.41) is 11.6. The Kier molecular flexibility index (Phi) is 5.71. The zero-order valence-corrected chi connectivity index (χ0v) is 18.9.